The number of amides is 2. The van der Waals surface area contributed by atoms with Crippen LogP contribution in [0.4, 0.5) is 4.79 Å². The predicted molar refractivity (Wildman–Crippen MR) is 75.0 cm³/mol. The molecule has 0 spiro atoms. The van der Waals surface area contributed by atoms with Gasteiger partial charge in [0.25, 0.3) is 0 Å². The van der Waals surface area contributed by atoms with E-state index in [0.29, 0.717) is 13.1 Å². The largest absolute Gasteiger partial charge is 0.444 e. The Morgan fingerprint density at radius 3 is 2.55 bits per heavy atom. The molecule has 1 fully saturated rings. The lowest BCUT2D eigenvalue weighted by Crippen LogP contribution is -2.63. The number of benzene rings is 1. The van der Waals surface area contributed by atoms with E-state index >= 15 is 0 Å². The lowest BCUT2D eigenvalue weighted by atomic mass is 10.1. The normalized spacial score (nSPS) is 18.4. The van der Waals surface area contributed by atoms with Gasteiger partial charge in [0, 0.05) is 6.54 Å². The first-order valence-electron chi connectivity index (χ1n) is 6.67. The summed E-state index contributed by atoms with van der Waals surface area (Å²) in [6.45, 7) is 6.46. The van der Waals surface area contributed by atoms with Crippen LogP contribution in [0.15, 0.2) is 30.3 Å². The number of hydrogen-bond acceptors (Lipinski definition) is 3. The second-order valence-corrected chi connectivity index (χ2v) is 5.90. The van der Waals surface area contributed by atoms with Gasteiger partial charge in [0.15, 0.2) is 0 Å². The number of hydrogen-bond donors (Lipinski definition) is 1. The highest BCUT2D eigenvalue weighted by Crippen LogP contribution is 2.15. The molecule has 1 aromatic carbocycles. The van der Waals surface area contributed by atoms with Crippen LogP contribution in [0, 0.1) is 0 Å². The smallest absolute Gasteiger partial charge is 0.408 e. The minimum atomic E-state index is -0.555. The molecule has 2 rings (SSSR count). The Labute approximate surface area is 118 Å². The van der Waals surface area contributed by atoms with Gasteiger partial charge < -0.3 is 15.0 Å². The van der Waals surface area contributed by atoms with Crippen LogP contribution in [0.5, 0.6) is 0 Å². The Kier molecular flexibility index (Phi) is 3.97. The van der Waals surface area contributed by atoms with E-state index in [2.05, 4.69) is 5.32 Å². The molecule has 108 valence electrons. The highest BCUT2D eigenvalue weighted by molar-refractivity contribution is 5.91. The Bertz CT molecular complexity index is 494. The van der Waals surface area contributed by atoms with Crippen LogP contribution in [0.3, 0.4) is 0 Å². The first kappa shape index (κ1) is 14.4. The van der Waals surface area contributed by atoms with Crippen LogP contribution in [0.2, 0.25) is 0 Å². The quantitative estimate of drug-likeness (QED) is 0.858. The minimum absolute atomic E-state index is 0.0697. The highest BCUT2D eigenvalue weighted by atomic mass is 16.6. The first-order valence-corrected chi connectivity index (χ1v) is 6.67. The van der Waals surface area contributed by atoms with Gasteiger partial charge in [-0.3, -0.25) is 4.79 Å². The maximum absolute atomic E-state index is 11.9. The first-order chi connectivity index (χ1) is 9.35. The van der Waals surface area contributed by atoms with Gasteiger partial charge in [-0.1, -0.05) is 30.3 Å². The van der Waals surface area contributed by atoms with Crippen molar-refractivity contribution in [2.24, 2.45) is 0 Å². The molecule has 5 heteroatoms. The maximum Gasteiger partial charge on any atom is 0.408 e. The summed E-state index contributed by atoms with van der Waals surface area (Å²) in [5.74, 6) is -0.0697. The van der Waals surface area contributed by atoms with Gasteiger partial charge in [0.1, 0.15) is 11.6 Å². The Hall–Kier alpha value is -2.04. The number of carbonyl (C=O) groups excluding carboxylic acids is 2. The van der Waals surface area contributed by atoms with Crippen LogP contribution in [-0.2, 0) is 16.1 Å². The highest BCUT2D eigenvalue weighted by Gasteiger charge is 2.38. The molecule has 1 unspecified atom stereocenters. The number of nitrogens with zero attached hydrogens (tertiary/aromatic N) is 1. The lowest BCUT2D eigenvalue weighted by molar-refractivity contribution is -0.144. The molecule has 2 amide bonds. The van der Waals surface area contributed by atoms with Crippen molar-refractivity contribution >= 4 is 12.0 Å². The van der Waals surface area contributed by atoms with Gasteiger partial charge in [-0.05, 0) is 26.3 Å². The van der Waals surface area contributed by atoms with Crippen LogP contribution in [-0.4, -0.2) is 35.1 Å². The fraction of sp³-hybridized carbons (Fsp3) is 0.467. The Morgan fingerprint density at radius 1 is 1.35 bits per heavy atom. The SMILES string of the molecule is CC(C)(C)OC(=O)NC1CN(Cc2ccccc2)C1=O. The number of β-lactam (4-membered cyclic amide) rings is 1. The van der Waals surface area contributed by atoms with E-state index in [-0.39, 0.29) is 5.91 Å². The van der Waals surface area contributed by atoms with Crippen molar-refractivity contribution in [1.29, 1.82) is 0 Å². The summed E-state index contributed by atoms with van der Waals surface area (Å²) in [5, 5.41) is 2.59. The lowest BCUT2D eigenvalue weighted by Gasteiger charge is -2.38. The molecular weight excluding hydrogens is 256 g/mol. The van der Waals surface area contributed by atoms with Gasteiger partial charge in [-0.2, -0.15) is 0 Å². The summed E-state index contributed by atoms with van der Waals surface area (Å²) in [5.41, 5.74) is 0.525. The van der Waals surface area contributed by atoms with E-state index in [1.807, 2.05) is 30.3 Å². The Balaban J connectivity index is 1.79. The molecule has 1 saturated heterocycles. The molecule has 1 N–H and O–H groups in total. The van der Waals surface area contributed by atoms with Gasteiger partial charge in [-0.25, -0.2) is 4.79 Å². The van der Waals surface area contributed by atoms with Crippen LogP contribution >= 0.6 is 0 Å². The predicted octanol–water partition coefficient (Wildman–Crippen LogP) is 1.92. The number of ether oxygens (including phenoxy) is 1. The molecule has 1 atom stereocenters. The van der Waals surface area contributed by atoms with Crippen molar-refractivity contribution < 1.29 is 14.3 Å². The monoisotopic (exact) mass is 276 g/mol. The third kappa shape index (κ3) is 3.73. The van der Waals surface area contributed by atoms with E-state index in [1.165, 1.54) is 0 Å². The molecule has 0 bridgehead atoms. The van der Waals surface area contributed by atoms with E-state index in [4.69, 9.17) is 4.74 Å². The van der Waals surface area contributed by atoms with Gasteiger partial charge in [0.05, 0.1) is 6.54 Å². The molecule has 1 aliphatic rings. The molecule has 1 aromatic rings. The van der Waals surface area contributed by atoms with Crippen molar-refractivity contribution in [3.05, 3.63) is 35.9 Å². The number of nitrogens with one attached hydrogen (secondary N) is 1. The second-order valence-electron chi connectivity index (χ2n) is 5.90. The van der Waals surface area contributed by atoms with Crippen molar-refractivity contribution in [3.63, 3.8) is 0 Å². The topological polar surface area (TPSA) is 58.6 Å². The molecule has 0 aliphatic carbocycles. The zero-order valence-corrected chi connectivity index (χ0v) is 12.1. The van der Waals surface area contributed by atoms with Crippen LogP contribution < -0.4 is 5.32 Å². The Morgan fingerprint density at radius 2 is 2.00 bits per heavy atom. The zero-order chi connectivity index (χ0) is 14.8. The average molecular weight is 276 g/mol. The second kappa shape index (κ2) is 5.53. The summed E-state index contributed by atoms with van der Waals surface area (Å²) in [4.78, 5) is 25.2. The summed E-state index contributed by atoms with van der Waals surface area (Å²) < 4.78 is 5.13. The van der Waals surface area contributed by atoms with Gasteiger partial charge in [0.2, 0.25) is 5.91 Å². The van der Waals surface area contributed by atoms with E-state index in [1.54, 1.807) is 25.7 Å². The number of carbonyl (C=O) groups is 2. The molecule has 20 heavy (non-hydrogen) atoms. The van der Waals surface area contributed by atoms with Gasteiger partial charge in [-0.15, -0.1) is 0 Å². The number of likely N-dealkylation sites (tertiary alicyclic amines) is 1. The molecule has 0 radical (unpaired) electrons. The molecule has 0 aromatic heterocycles. The van der Waals surface area contributed by atoms with E-state index in [0.717, 1.165) is 5.56 Å². The van der Waals surface area contributed by atoms with E-state index in [9.17, 15) is 9.59 Å². The van der Waals surface area contributed by atoms with Crippen molar-refractivity contribution in [2.45, 2.75) is 39.0 Å². The molecule has 1 heterocycles. The van der Waals surface area contributed by atoms with E-state index < -0.39 is 17.7 Å². The molecule has 0 saturated carbocycles. The third-order valence-electron chi connectivity index (χ3n) is 2.92. The molecular formula is C15H20N2O3. The van der Waals surface area contributed by atoms with Gasteiger partial charge >= 0.3 is 6.09 Å². The van der Waals surface area contributed by atoms with Crippen molar-refractivity contribution in [2.75, 3.05) is 6.54 Å². The summed E-state index contributed by atoms with van der Waals surface area (Å²) in [7, 11) is 0. The third-order valence-corrected chi connectivity index (χ3v) is 2.92. The summed E-state index contributed by atoms with van der Waals surface area (Å²) in [6.07, 6.45) is -0.546. The minimum Gasteiger partial charge on any atom is -0.444 e. The van der Waals surface area contributed by atoms with Crippen molar-refractivity contribution in [3.8, 4) is 0 Å². The number of alkyl carbamates (subject to hydrolysis) is 1. The molecule has 5 nitrogen and oxygen atoms in total. The van der Waals surface area contributed by atoms with Crippen LogP contribution in [0.25, 0.3) is 0 Å². The zero-order valence-electron chi connectivity index (χ0n) is 12.1. The van der Waals surface area contributed by atoms with Crippen molar-refractivity contribution in [1.82, 2.24) is 10.2 Å². The standard InChI is InChI=1S/C15H20N2O3/c1-15(2,3)20-14(19)16-12-10-17(13(12)18)9-11-7-5-4-6-8-11/h4-8,12H,9-10H2,1-3H3,(H,16,19). The average Bonchev–Trinajstić information content (AvgIpc) is 2.36. The summed E-state index contributed by atoms with van der Waals surface area (Å²) >= 11 is 0. The maximum atomic E-state index is 11.9. The summed E-state index contributed by atoms with van der Waals surface area (Å²) in [6, 6.07) is 9.30. The number of rotatable bonds is 3. The molecule has 1 aliphatic heterocycles. The van der Waals surface area contributed by atoms with Crippen LogP contribution in [0.1, 0.15) is 26.3 Å². The fourth-order valence-electron chi connectivity index (χ4n) is 2.00. The fourth-order valence-corrected chi connectivity index (χ4v) is 2.00.